The molecule has 0 spiro atoms. The summed E-state index contributed by atoms with van der Waals surface area (Å²) < 4.78 is 0. The lowest BCUT2D eigenvalue weighted by atomic mass is 10.2. The summed E-state index contributed by atoms with van der Waals surface area (Å²) in [7, 11) is 1.90. The minimum absolute atomic E-state index is 0.236. The van der Waals surface area contributed by atoms with Crippen molar-refractivity contribution in [1.82, 2.24) is 4.98 Å². The minimum Gasteiger partial charge on any atom is -0.508 e. The number of rotatable bonds is 2. The van der Waals surface area contributed by atoms with E-state index >= 15 is 0 Å². The number of aromatic hydroxyl groups is 1. The van der Waals surface area contributed by atoms with E-state index in [9.17, 15) is 5.11 Å². The fraction of sp³-hybridized carbons (Fsp3) is 0.0769. The first-order chi connectivity index (χ1) is 8.20. The lowest BCUT2D eigenvalue weighted by Gasteiger charge is -2.18. The van der Waals surface area contributed by atoms with Gasteiger partial charge in [0.15, 0.2) is 0 Å². The van der Waals surface area contributed by atoms with Crippen molar-refractivity contribution >= 4 is 11.4 Å². The SMILES string of the molecule is CN(c1ccc(O)cc1)c1ccc(C#N)nc1. The van der Waals surface area contributed by atoms with Gasteiger partial charge in [-0.25, -0.2) is 4.98 Å². The van der Waals surface area contributed by atoms with Crippen LogP contribution in [0.3, 0.4) is 0 Å². The fourth-order valence-corrected chi connectivity index (χ4v) is 1.48. The van der Waals surface area contributed by atoms with Gasteiger partial charge in [0.05, 0.1) is 11.9 Å². The Labute approximate surface area is 99.4 Å². The topological polar surface area (TPSA) is 60.1 Å². The van der Waals surface area contributed by atoms with Crippen molar-refractivity contribution in [1.29, 1.82) is 5.26 Å². The molecule has 4 nitrogen and oxygen atoms in total. The number of hydrogen-bond acceptors (Lipinski definition) is 4. The maximum absolute atomic E-state index is 9.21. The highest BCUT2D eigenvalue weighted by Crippen LogP contribution is 2.24. The van der Waals surface area contributed by atoms with Crippen molar-refractivity contribution in [3.05, 3.63) is 48.3 Å². The number of phenols is 1. The zero-order chi connectivity index (χ0) is 12.3. The predicted molar refractivity (Wildman–Crippen MR) is 65.1 cm³/mol. The third-order valence-corrected chi connectivity index (χ3v) is 2.49. The Morgan fingerprint density at radius 1 is 1.12 bits per heavy atom. The molecule has 0 saturated heterocycles. The third kappa shape index (κ3) is 2.34. The molecule has 17 heavy (non-hydrogen) atoms. The van der Waals surface area contributed by atoms with Crippen LogP contribution < -0.4 is 4.90 Å². The first kappa shape index (κ1) is 11.0. The Hall–Kier alpha value is -2.54. The number of nitrogens with zero attached hydrogens (tertiary/aromatic N) is 3. The minimum atomic E-state index is 0.236. The maximum Gasteiger partial charge on any atom is 0.140 e. The van der Waals surface area contributed by atoms with E-state index in [1.165, 1.54) is 0 Å². The number of nitriles is 1. The van der Waals surface area contributed by atoms with Crippen molar-refractivity contribution in [3.8, 4) is 11.8 Å². The molecule has 0 aliphatic heterocycles. The van der Waals surface area contributed by atoms with Gasteiger partial charge in [0.1, 0.15) is 17.5 Å². The van der Waals surface area contributed by atoms with Crippen LogP contribution in [0.25, 0.3) is 0 Å². The van der Waals surface area contributed by atoms with Crippen LogP contribution >= 0.6 is 0 Å². The van der Waals surface area contributed by atoms with Crippen LogP contribution in [-0.4, -0.2) is 17.1 Å². The summed E-state index contributed by atoms with van der Waals surface area (Å²) in [5, 5.41) is 17.9. The molecule has 0 unspecified atom stereocenters. The van der Waals surface area contributed by atoms with Crippen LogP contribution in [0, 0.1) is 11.3 Å². The lowest BCUT2D eigenvalue weighted by molar-refractivity contribution is 0.475. The van der Waals surface area contributed by atoms with E-state index in [4.69, 9.17) is 5.26 Å². The van der Waals surface area contributed by atoms with Crippen LogP contribution in [0.1, 0.15) is 5.69 Å². The quantitative estimate of drug-likeness (QED) is 0.852. The Morgan fingerprint density at radius 2 is 1.76 bits per heavy atom. The molecule has 2 aromatic rings. The Kier molecular flexibility index (Phi) is 2.93. The van der Waals surface area contributed by atoms with Crippen LogP contribution in [-0.2, 0) is 0 Å². The van der Waals surface area contributed by atoms with E-state index < -0.39 is 0 Å². The molecule has 4 heteroatoms. The number of phenolic OH excluding ortho intramolecular Hbond substituents is 1. The summed E-state index contributed by atoms with van der Waals surface area (Å²) in [5.74, 6) is 0.236. The molecule has 0 bridgehead atoms. The molecule has 0 fully saturated rings. The highest BCUT2D eigenvalue weighted by molar-refractivity contribution is 5.62. The highest BCUT2D eigenvalue weighted by atomic mass is 16.3. The number of pyridine rings is 1. The van der Waals surface area contributed by atoms with Gasteiger partial charge >= 0.3 is 0 Å². The molecule has 0 atom stereocenters. The molecule has 0 radical (unpaired) electrons. The Bertz CT molecular complexity index is 540. The number of benzene rings is 1. The molecule has 0 saturated carbocycles. The highest BCUT2D eigenvalue weighted by Gasteiger charge is 2.04. The van der Waals surface area contributed by atoms with E-state index in [0.717, 1.165) is 11.4 Å². The first-order valence-electron chi connectivity index (χ1n) is 5.09. The van der Waals surface area contributed by atoms with E-state index in [-0.39, 0.29) is 5.75 Å². The second kappa shape index (κ2) is 4.54. The van der Waals surface area contributed by atoms with Gasteiger partial charge in [-0.3, -0.25) is 0 Å². The van der Waals surface area contributed by atoms with Crippen LogP contribution in [0.15, 0.2) is 42.6 Å². The molecule has 84 valence electrons. The summed E-state index contributed by atoms with van der Waals surface area (Å²) in [6.45, 7) is 0. The standard InChI is InChI=1S/C13H11N3O/c1-16(11-4-6-13(17)7-5-11)12-3-2-10(8-14)15-9-12/h2-7,9,17H,1H3. The van der Waals surface area contributed by atoms with Crippen LogP contribution in [0.4, 0.5) is 11.4 Å². The average molecular weight is 225 g/mol. The van der Waals surface area contributed by atoms with E-state index in [1.54, 1.807) is 24.4 Å². The van der Waals surface area contributed by atoms with Crippen molar-refractivity contribution in [2.24, 2.45) is 0 Å². The number of aromatic nitrogens is 1. The maximum atomic E-state index is 9.21. The second-order valence-electron chi connectivity index (χ2n) is 3.59. The molecule has 1 aromatic carbocycles. The molecule has 0 amide bonds. The Balaban J connectivity index is 2.27. The zero-order valence-electron chi connectivity index (χ0n) is 9.33. The predicted octanol–water partition coefficient (Wildman–Crippen LogP) is 2.43. The Morgan fingerprint density at radius 3 is 2.29 bits per heavy atom. The fourth-order valence-electron chi connectivity index (χ4n) is 1.48. The van der Waals surface area contributed by atoms with E-state index in [1.807, 2.05) is 36.2 Å². The van der Waals surface area contributed by atoms with Gasteiger partial charge in [0, 0.05) is 12.7 Å². The summed E-state index contributed by atoms with van der Waals surface area (Å²) in [6, 6.07) is 12.4. The lowest BCUT2D eigenvalue weighted by Crippen LogP contribution is -2.09. The van der Waals surface area contributed by atoms with Gasteiger partial charge in [-0.15, -0.1) is 0 Å². The van der Waals surface area contributed by atoms with Gasteiger partial charge < -0.3 is 10.0 Å². The van der Waals surface area contributed by atoms with E-state index in [0.29, 0.717) is 5.69 Å². The summed E-state index contributed by atoms with van der Waals surface area (Å²) in [5.41, 5.74) is 2.22. The van der Waals surface area contributed by atoms with Crippen molar-refractivity contribution in [2.45, 2.75) is 0 Å². The number of hydrogen-bond donors (Lipinski definition) is 1. The zero-order valence-corrected chi connectivity index (χ0v) is 9.33. The van der Waals surface area contributed by atoms with Gasteiger partial charge in [0.2, 0.25) is 0 Å². The van der Waals surface area contributed by atoms with Crippen molar-refractivity contribution in [3.63, 3.8) is 0 Å². The summed E-state index contributed by atoms with van der Waals surface area (Å²) in [4.78, 5) is 5.93. The molecular weight excluding hydrogens is 214 g/mol. The molecule has 0 aliphatic carbocycles. The monoisotopic (exact) mass is 225 g/mol. The summed E-state index contributed by atoms with van der Waals surface area (Å²) in [6.07, 6.45) is 1.64. The van der Waals surface area contributed by atoms with Crippen LogP contribution in [0.5, 0.6) is 5.75 Å². The molecule has 1 N–H and O–H groups in total. The molecule has 2 rings (SSSR count). The van der Waals surface area contributed by atoms with Gasteiger partial charge in [0.25, 0.3) is 0 Å². The smallest absolute Gasteiger partial charge is 0.140 e. The van der Waals surface area contributed by atoms with Gasteiger partial charge in [-0.1, -0.05) is 0 Å². The van der Waals surface area contributed by atoms with Gasteiger partial charge in [-0.05, 0) is 36.4 Å². The molecule has 1 heterocycles. The average Bonchev–Trinajstić information content (AvgIpc) is 2.39. The largest absolute Gasteiger partial charge is 0.508 e. The third-order valence-electron chi connectivity index (χ3n) is 2.49. The second-order valence-corrected chi connectivity index (χ2v) is 3.59. The number of anilines is 2. The molecular formula is C13H11N3O. The van der Waals surface area contributed by atoms with Crippen molar-refractivity contribution in [2.75, 3.05) is 11.9 Å². The van der Waals surface area contributed by atoms with Gasteiger partial charge in [-0.2, -0.15) is 5.26 Å². The molecule has 1 aromatic heterocycles. The van der Waals surface area contributed by atoms with Crippen molar-refractivity contribution < 1.29 is 5.11 Å². The van der Waals surface area contributed by atoms with Crippen LogP contribution in [0.2, 0.25) is 0 Å². The normalized spacial score (nSPS) is 9.65. The first-order valence-corrected chi connectivity index (χ1v) is 5.09. The van der Waals surface area contributed by atoms with E-state index in [2.05, 4.69) is 4.98 Å². The molecule has 0 aliphatic rings. The summed E-state index contributed by atoms with van der Waals surface area (Å²) >= 11 is 0.